The van der Waals surface area contributed by atoms with Gasteiger partial charge in [-0.25, -0.2) is 4.39 Å². The first kappa shape index (κ1) is 14.2. The molecular formula is C16H19FN2O2. The number of nitrogens with zero attached hydrogens (tertiary/aromatic N) is 1. The molecule has 2 unspecified atom stereocenters. The van der Waals surface area contributed by atoms with E-state index in [-0.39, 0.29) is 23.6 Å². The van der Waals surface area contributed by atoms with Gasteiger partial charge in [0, 0.05) is 25.2 Å². The predicted molar refractivity (Wildman–Crippen MR) is 77.6 cm³/mol. The number of amides is 1. The molecule has 2 heterocycles. The van der Waals surface area contributed by atoms with Crippen LogP contribution in [-0.2, 0) is 16.0 Å². The summed E-state index contributed by atoms with van der Waals surface area (Å²) in [5.41, 5.74) is 1.73. The van der Waals surface area contributed by atoms with Crippen molar-refractivity contribution in [1.82, 2.24) is 5.32 Å². The maximum Gasteiger partial charge on any atom is 0.231 e. The van der Waals surface area contributed by atoms with E-state index in [2.05, 4.69) is 5.32 Å². The van der Waals surface area contributed by atoms with E-state index in [1.165, 1.54) is 12.1 Å². The van der Waals surface area contributed by atoms with Crippen molar-refractivity contribution in [2.75, 3.05) is 24.5 Å². The molecule has 0 radical (unpaired) electrons. The number of anilines is 1. The number of aldehydes is 1. The van der Waals surface area contributed by atoms with Crippen LogP contribution in [0.15, 0.2) is 18.2 Å². The molecule has 112 valence electrons. The minimum absolute atomic E-state index is 0.0439. The van der Waals surface area contributed by atoms with Gasteiger partial charge in [0.1, 0.15) is 12.1 Å². The summed E-state index contributed by atoms with van der Waals surface area (Å²) in [6.07, 6.45) is 2.91. The van der Waals surface area contributed by atoms with Crippen molar-refractivity contribution in [2.45, 2.75) is 19.3 Å². The number of rotatable bonds is 3. The van der Waals surface area contributed by atoms with E-state index in [0.29, 0.717) is 25.2 Å². The molecule has 1 N–H and O–H groups in total. The van der Waals surface area contributed by atoms with Crippen molar-refractivity contribution >= 4 is 17.9 Å². The Hall–Kier alpha value is -1.75. The maximum absolute atomic E-state index is 13.4. The number of halogens is 1. The third-order valence-electron chi connectivity index (χ3n) is 4.43. The Kier molecular flexibility index (Phi) is 4.01. The molecule has 2 aliphatic heterocycles. The SMILES string of the molecule is O=CCC1CNCC(C(=O)N2CCc3ccc(F)cc32)C1. The average Bonchev–Trinajstić information content (AvgIpc) is 2.90. The van der Waals surface area contributed by atoms with Crippen molar-refractivity contribution in [3.63, 3.8) is 0 Å². The molecule has 1 aromatic carbocycles. The second-order valence-corrected chi connectivity index (χ2v) is 5.87. The zero-order valence-electron chi connectivity index (χ0n) is 11.8. The summed E-state index contributed by atoms with van der Waals surface area (Å²) in [4.78, 5) is 25.0. The molecule has 1 aromatic rings. The van der Waals surface area contributed by atoms with Gasteiger partial charge in [-0.1, -0.05) is 6.07 Å². The molecule has 0 aliphatic carbocycles. The first-order valence-electron chi connectivity index (χ1n) is 7.43. The van der Waals surface area contributed by atoms with Crippen molar-refractivity contribution in [3.05, 3.63) is 29.6 Å². The number of hydrogen-bond acceptors (Lipinski definition) is 3. The Labute approximate surface area is 123 Å². The number of carbonyl (C=O) groups excluding carboxylic acids is 2. The zero-order chi connectivity index (χ0) is 14.8. The van der Waals surface area contributed by atoms with Crippen LogP contribution in [0.4, 0.5) is 10.1 Å². The van der Waals surface area contributed by atoms with Crippen LogP contribution in [0.25, 0.3) is 0 Å². The Bertz CT molecular complexity index is 561. The summed E-state index contributed by atoms with van der Waals surface area (Å²) in [5, 5.41) is 3.23. The number of carbonyl (C=O) groups is 2. The minimum atomic E-state index is -0.311. The largest absolute Gasteiger partial charge is 0.316 e. The van der Waals surface area contributed by atoms with E-state index in [1.54, 1.807) is 11.0 Å². The topological polar surface area (TPSA) is 49.4 Å². The highest BCUT2D eigenvalue weighted by Crippen LogP contribution is 2.31. The van der Waals surface area contributed by atoms with Crippen LogP contribution >= 0.6 is 0 Å². The van der Waals surface area contributed by atoms with Crippen molar-refractivity contribution in [2.24, 2.45) is 11.8 Å². The fraction of sp³-hybridized carbons (Fsp3) is 0.500. The van der Waals surface area contributed by atoms with Gasteiger partial charge in [0.15, 0.2) is 0 Å². The summed E-state index contributed by atoms with van der Waals surface area (Å²) < 4.78 is 13.4. The molecule has 4 nitrogen and oxygen atoms in total. The van der Waals surface area contributed by atoms with Gasteiger partial charge in [-0.15, -0.1) is 0 Å². The van der Waals surface area contributed by atoms with Crippen LogP contribution in [0, 0.1) is 17.7 Å². The summed E-state index contributed by atoms with van der Waals surface area (Å²) in [6.45, 7) is 2.04. The van der Waals surface area contributed by atoms with Crippen molar-refractivity contribution in [3.8, 4) is 0 Å². The van der Waals surface area contributed by atoms with Crippen molar-refractivity contribution < 1.29 is 14.0 Å². The molecule has 21 heavy (non-hydrogen) atoms. The van der Waals surface area contributed by atoms with E-state index >= 15 is 0 Å². The number of hydrogen-bond donors (Lipinski definition) is 1. The van der Waals surface area contributed by atoms with E-state index in [9.17, 15) is 14.0 Å². The number of fused-ring (bicyclic) bond motifs is 1. The molecule has 2 atom stereocenters. The van der Waals surface area contributed by atoms with E-state index < -0.39 is 0 Å². The Morgan fingerprint density at radius 2 is 2.29 bits per heavy atom. The van der Waals surface area contributed by atoms with Gasteiger partial charge in [-0.05, 0) is 43.0 Å². The van der Waals surface area contributed by atoms with E-state index in [1.807, 2.05) is 0 Å². The molecule has 0 bridgehead atoms. The quantitative estimate of drug-likeness (QED) is 0.859. The third-order valence-corrected chi connectivity index (χ3v) is 4.43. The highest BCUT2D eigenvalue weighted by Gasteiger charge is 2.33. The number of nitrogens with one attached hydrogen (secondary N) is 1. The minimum Gasteiger partial charge on any atom is -0.316 e. The zero-order valence-corrected chi connectivity index (χ0v) is 11.8. The lowest BCUT2D eigenvalue weighted by Gasteiger charge is -2.31. The molecule has 1 saturated heterocycles. The van der Waals surface area contributed by atoms with Crippen molar-refractivity contribution in [1.29, 1.82) is 0 Å². The average molecular weight is 290 g/mol. The maximum atomic E-state index is 13.4. The van der Waals surface area contributed by atoms with Gasteiger partial charge >= 0.3 is 0 Å². The summed E-state index contributed by atoms with van der Waals surface area (Å²) in [6, 6.07) is 4.64. The Morgan fingerprint density at radius 1 is 1.43 bits per heavy atom. The first-order chi connectivity index (χ1) is 10.2. The smallest absolute Gasteiger partial charge is 0.231 e. The molecule has 1 fully saturated rings. The molecule has 0 aromatic heterocycles. The second-order valence-electron chi connectivity index (χ2n) is 5.87. The number of piperidine rings is 1. The number of benzene rings is 1. The highest BCUT2D eigenvalue weighted by atomic mass is 19.1. The standard InChI is InChI=1S/C16H19FN2O2/c17-14-2-1-12-3-5-19(15(12)8-14)16(21)13-7-11(4-6-20)9-18-10-13/h1-2,6,8,11,13,18H,3-5,7,9-10H2. The summed E-state index contributed by atoms with van der Waals surface area (Å²) in [7, 11) is 0. The molecule has 0 saturated carbocycles. The van der Waals surface area contributed by atoms with Gasteiger partial charge in [0.05, 0.1) is 5.92 Å². The van der Waals surface area contributed by atoms with Gasteiger partial charge < -0.3 is 15.0 Å². The lowest BCUT2D eigenvalue weighted by molar-refractivity contribution is -0.123. The van der Waals surface area contributed by atoms with Gasteiger partial charge in [-0.3, -0.25) is 4.79 Å². The summed E-state index contributed by atoms with van der Waals surface area (Å²) in [5.74, 6) is -0.172. The molecule has 5 heteroatoms. The van der Waals surface area contributed by atoms with Crippen LogP contribution in [0.1, 0.15) is 18.4 Å². The van der Waals surface area contributed by atoms with E-state index in [0.717, 1.165) is 31.2 Å². The lowest BCUT2D eigenvalue weighted by atomic mass is 9.88. The fourth-order valence-electron chi connectivity index (χ4n) is 3.34. The molecule has 2 aliphatic rings. The molecular weight excluding hydrogens is 271 g/mol. The monoisotopic (exact) mass is 290 g/mol. The van der Waals surface area contributed by atoms with Crippen LogP contribution in [0.5, 0.6) is 0 Å². The molecule has 1 amide bonds. The second kappa shape index (κ2) is 5.93. The Morgan fingerprint density at radius 3 is 3.10 bits per heavy atom. The van der Waals surface area contributed by atoms with E-state index in [4.69, 9.17) is 0 Å². The highest BCUT2D eigenvalue weighted by molar-refractivity contribution is 5.97. The molecule has 0 spiro atoms. The Balaban J connectivity index is 1.75. The third kappa shape index (κ3) is 2.83. The lowest BCUT2D eigenvalue weighted by Crippen LogP contribution is -2.45. The van der Waals surface area contributed by atoms with Crippen LogP contribution < -0.4 is 10.2 Å². The molecule has 3 rings (SSSR count). The normalized spacial score (nSPS) is 24.7. The van der Waals surface area contributed by atoms with Crippen LogP contribution in [0.2, 0.25) is 0 Å². The first-order valence-corrected chi connectivity index (χ1v) is 7.43. The summed E-state index contributed by atoms with van der Waals surface area (Å²) >= 11 is 0. The van der Waals surface area contributed by atoms with Crippen LogP contribution in [0.3, 0.4) is 0 Å². The van der Waals surface area contributed by atoms with Gasteiger partial charge in [-0.2, -0.15) is 0 Å². The predicted octanol–water partition coefficient (Wildman–Crippen LogP) is 1.53. The van der Waals surface area contributed by atoms with Crippen LogP contribution in [-0.4, -0.2) is 31.8 Å². The van der Waals surface area contributed by atoms with Gasteiger partial charge in [0.25, 0.3) is 0 Å². The fourth-order valence-corrected chi connectivity index (χ4v) is 3.34. The van der Waals surface area contributed by atoms with Gasteiger partial charge in [0.2, 0.25) is 5.91 Å².